The van der Waals surface area contributed by atoms with E-state index in [0.717, 1.165) is 25.7 Å². The molecule has 1 aliphatic heterocycles. The summed E-state index contributed by atoms with van der Waals surface area (Å²) in [5.74, 6) is -1.27. The summed E-state index contributed by atoms with van der Waals surface area (Å²) in [5.41, 5.74) is 0.106. The van der Waals surface area contributed by atoms with Crippen molar-refractivity contribution in [1.82, 2.24) is 25.5 Å². The third kappa shape index (κ3) is 6.80. The second-order valence-electron chi connectivity index (χ2n) is 9.52. The van der Waals surface area contributed by atoms with E-state index in [1.165, 1.54) is 18.6 Å². The number of carbonyl (C=O) groups excluding carboxylic acids is 3. The number of fused-ring (bicyclic) bond motifs is 1. The fraction of sp³-hybridized carbons (Fsp3) is 0.696. The fourth-order valence-electron chi connectivity index (χ4n) is 5.09. The number of amides is 3. The topological polar surface area (TPSA) is 151 Å². The molecule has 1 saturated carbocycles. The Bertz CT molecular complexity index is 917. The molecule has 0 spiro atoms. The molecule has 1 aliphatic carbocycles. The van der Waals surface area contributed by atoms with E-state index < -0.39 is 38.4 Å². The summed E-state index contributed by atoms with van der Waals surface area (Å²) in [6, 6.07) is -1.69. The highest BCUT2D eigenvalue weighted by Crippen LogP contribution is 2.40. The number of nitrogens with zero attached hydrogens (tertiary/aromatic N) is 3. The van der Waals surface area contributed by atoms with Gasteiger partial charge in [0.05, 0.1) is 6.20 Å². The van der Waals surface area contributed by atoms with Gasteiger partial charge in [-0.25, -0.2) is 4.98 Å². The number of hydrogen-bond donors (Lipinski definition) is 3. The average molecular weight is 509 g/mol. The van der Waals surface area contributed by atoms with Crippen LogP contribution in [0.25, 0.3) is 0 Å². The molecule has 3 amide bonds. The molecule has 1 aromatic rings. The molecule has 0 aromatic carbocycles. The number of hydrogen-bond acceptors (Lipinski definition) is 7. The van der Waals surface area contributed by atoms with Crippen LogP contribution in [0.2, 0.25) is 0 Å². The Morgan fingerprint density at radius 1 is 1.23 bits per heavy atom. The molecule has 1 saturated heterocycles. The van der Waals surface area contributed by atoms with Crippen LogP contribution in [0, 0.1) is 11.8 Å². The Kier molecular flexibility index (Phi) is 9.65. The van der Waals surface area contributed by atoms with Crippen molar-refractivity contribution in [2.24, 2.45) is 11.8 Å². The first-order chi connectivity index (χ1) is 16.7. The molecule has 0 radical (unpaired) electrons. The Morgan fingerprint density at radius 2 is 1.97 bits per heavy atom. The SMILES string of the molecule is CCCC(NC(=O)[C@H]1C[C@@H]2CCCC[C@@H]2N1C(=O)[C@@H](NC(=O)c1cnccn1)C(C)C)O[P+](=O)O. The molecular weight excluding hydrogens is 473 g/mol. The van der Waals surface area contributed by atoms with E-state index in [1.807, 2.05) is 20.8 Å². The molecule has 11 nitrogen and oxygen atoms in total. The zero-order chi connectivity index (χ0) is 25.5. The van der Waals surface area contributed by atoms with Crippen LogP contribution in [0.5, 0.6) is 0 Å². The van der Waals surface area contributed by atoms with Crippen molar-refractivity contribution in [3.63, 3.8) is 0 Å². The van der Waals surface area contributed by atoms with Crippen LogP contribution in [0.15, 0.2) is 18.6 Å². The van der Waals surface area contributed by atoms with Gasteiger partial charge in [0.15, 0.2) is 6.23 Å². The summed E-state index contributed by atoms with van der Waals surface area (Å²) in [6.07, 6.45) is 8.51. The highest BCUT2D eigenvalue weighted by Gasteiger charge is 2.49. The second kappa shape index (κ2) is 12.5. The van der Waals surface area contributed by atoms with Gasteiger partial charge in [0.1, 0.15) is 17.8 Å². The van der Waals surface area contributed by atoms with Crippen LogP contribution in [0.1, 0.15) is 76.2 Å². The van der Waals surface area contributed by atoms with Gasteiger partial charge in [0.25, 0.3) is 5.91 Å². The Morgan fingerprint density at radius 3 is 2.60 bits per heavy atom. The van der Waals surface area contributed by atoms with E-state index in [9.17, 15) is 18.9 Å². The lowest BCUT2D eigenvalue weighted by atomic mass is 9.84. The number of likely N-dealkylation sites (tertiary alicyclic amines) is 1. The quantitative estimate of drug-likeness (QED) is 0.322. The van der Waals surface area contributed by atoms with Gasteiger partial charge in [-0.1, -0.05) is 44.6 Å². The van der Waals surface area contributed by atoms with Crippen molar-refractivity contribution < 1.29 is 28.4 Å². The van der Waals surface area contributed by atoms with E-state index in [-0.39, 0.29) is 29.5 Å². The predicted molar refractivity (Wildman–Crippen MR) is 127 cm³/mol. The molecule has 2 heterocycles. The van der Waals surface area contributed by atoms with E-state index in [4.69, 9.17) is 9.42 Å². The van der Waals surface area contributed by atoms with E-state index in [2.05, 4.69) is 20.6 Å². The zero-order valence-corrected chi connectivity index (χ0v) is 21.3. The van der Waals surface area contributed by atoms with Gasteiger partial charge in [-0.3, -0.25) is 19.4 Å². The lowest BCUT2D eigenvalue weighted by Crippen LogP contribution is -2.58. The van der Waals surface area contributed by atoms with Gasteiger partial charge in [-0.15, -0.1) is 4.89 Å². The molecular formula is C23H35N5O6P+. The van der Waals surface area contributed by atoms with Crippen molar-refractivity contribution in [1.29, 1.82) is 0 Å². The molecule has 6 atom stereocenters. The smallest absolute Gasteiger partial charge is 0.339 e. The summed E-state index contributed by atoms with van der Waals surface area (Å²) in [7, 11) is -2.89. The first-order valence-electron chi connectivity index (χ1n) is 12.2. The van der Waals surface area contributed by atoms with E-state index in [0.29, 0.717) is 19.3 Å². The van der Waals surface area contributed by atoms with Gasteiger partial charge in [0.2, 0.25) is 11.8 Å². The Labute approximate surface area is 206 Å². The number of rotatable bonds is 10. The van der Waals surface area contributed by atoms with E-state index in [1.54, 1.807) is 4.90 Å². The van der Waals surface area contributed by atoms with Crippen molar-refractivity contribution in [2.45, 2.75) is 90.1 Å². The minimum atomic E-state index is -2.89. The Hall–Kier alpha value is -2.49. The van der Waals surface area contributed by atoms with Crippen molar-refractivity contribution in [2.75, 3.05) is 0 Å². The monoisotopic (exact) mass is 508 g/mol. The molecule has 2 fully saturated rings. The van der Waals surface area contributed by atoms with Gasteiger partial charge >= 0.3 is 8.25 Å². The van der Waals surface area contributed by atoms with Gasteiger partial charge < -0.3 is 15.5 Å². The standard InChI is InChI=1S/C23H34N5O6P/c1-4-7-19(34-35(32)33)26-22(30)18-12-15-8-5-6-9-17(15)28(18)23(31)20(14(2)3)27-21(29)16-13-24-10-11-25-16/h10-11,13-15,17-20H,4-9,12H2,1-3H3,(H2-,26,27,29,30,32,33)/p+1/t15-,17-,18+,19?,20-/m0/s1. The summed E-state index contributed by atoms with van der Waals surface area (Å²) in [5, 5.41) is 5.51. The number of aromatic nitrogens is 2. The van der Waals surface area contributed by atoms with Crippen LogP contribution in [-0.4, -0.2) is 61.8 Å². The third-order valence-electron chi connectivity index (χ3n) is 6.73. The minimum absolute atomic E-state index is 0.0957. The summed E-state index contributed by atoms with van der Waals surface area (Å²) in [6.45, 7) is 5.55. The molecule has 1 aromatic heterocycles. The molecule has 35 heavy (non-hydrogen) atoms. The first-order valence-corrected chi connectivity index (χ1v) is 13.4. The molecule has 192 valence electrons. The molecule has 2 unspecified atom stereocenters. The summed E-state index contributed by atoms with van der Waals surface area (Å²) >= 11 is 0. The Balaban J connectivity index is 1.83. The van der Waals surface area contributed by atoms with Crippen LogP contribution < -0.4 is 10.6 Å². The van der Waals surface area contributed by atoms with Crippen molar-refractivity contribution in [3.8, 4) is 0 Å². The molecule has 12 heteroatoms. The van der Waals surface area contributed by atoms with Crippen molar-refractivity contribution >= 4 is 26.0 Å². The summed E-state index contributed by atoms with van der Waals surface area (Å²) < 4.78 is 16.2. The molecule has 3 rings (SSSR count). The van der Waals surface area contributed by atoms with Crippen LogP contribution >= 0.6 is 8.25 Å². The van der Waals surface area contributed by atoms with Crippen LogP contribution in [-0.2, 0) is 18.7 Å². The lowest BCUT2D eigenvalue weighted by molar-refractivity contribution is -0.144. The zero-order valence-electron chi connectivity index (χ0n) is 20.4. The molecule has 0 bridgehead atoms. The van der Waals surface area contributed by atoms with Crippen LogP contribution in [0.3, 0.4) is 0 Å². The number of nitrogens with one attached hydrogen (secondary N) is 2. The number of carbonyl (C=O) groups is 3. The largest absolute Gasteiger partial charge is 0.696 e. The van der Waals surface area contributed by atoms with Gasteiger partial charge in [-0.2, -0.15) is 0 Å². The lowest BCUT2D eigenvalue weighted by Gasteiger charge is -2.37. The average Bonchev–Trinajstić information content (AvgIpc) is 3.22. The minimum Gasteiger partial charge on any atom is -0.339 e. The highest BCUT2D eigenvalue weighted by atomic mass is 31.1. The van der Waals surface area contributed by atoms with Crippen molar-refractivity contribution in [3.05, 3.63) is 24.3 Å². The predicted octanol–water partition coefficient (Wildman–Crippen LogP) is 2.30. The fourth-order valence-corrected chi connectivity index (χ4v) is 5.47. The normalized spacial score (nSPS) is 23.9. The molecule has 3 N–H and O–H groups in total. The maximum Gasteiger partial charge on any atom is 0.696 e. The van der Waals surface area contributed by atoms with E-state index >= 15 is 0 Å². The molecule has 2 aliphatic rings. The van der Waals surface area contributed by atoms with Gasteiger partial charge in [0, 0.05) is 23.0 Å². The summed E-state index contributed by atoms with van der Waals surface area (Å²) in [4.78, 5) is 58.7. The van der Waals surface area contributed by atoms with Gasteiger partial charge in [-0.05, 0) is 37.5 Å². The van der Waals surface area contributed by atoms with Crippen LogP contribution in [0.4, 0.5) is 0 Å². The maximum absolute atomic E-state index is 13.9. The first kappa shape index (κ1) is 27.1. The second-order valence-corrected chi connectivity index (χ2v) is 10.2. The highest BCUT2D eigenvalue weighted by molar-refractivity contribution is 7.32. The maximum atomic E-state index is 13.9. The third-order valence-corrected chi connectivity index (χ3v) is 7.17.